The topological polar surface area (TPSA) is 95.9 Å². The number of nitrogens with one attached hydrogen (secondary N) is 1. The first-order valence-corrected chi connectivity index (χ1v) is 13.7. The Bertz CT molecular complexity index is 1360. The van der Waals surface area contributed by atoms with E-state index in [1.165, 1.54) is 4.90 Å². The van der Waals surface area contributed by atoms with E-state index in [2.05, 4.69) is 11.4 Å². The number of ketones is 1. The number of rotatable bonds is 7. The molecule has 0 radical (unpaired) electrons. The molecule has 210 valence electrons. The highest BCUT2D eigenvalue weighted by Gasteiger charge is 2.46. The van der Waals surface area contributed by atoms with Crippen molar-refractivity contribution in [2.45, 2.75) is 59.1 Å². The second-order valence-corrected chi connectivity index (χ2v) is 11.4. The Hall–Kier alpha value is -4.13. The third-order valence-electron chi connectivity index (χ3n) is 7.54. The minimum atomic E-state index is -0.988. The van der Waals surface area contributed by atoms with E-state index in [0.29, 0.717) is 13.0 Å². The van der Waals surface area contributed by atoms with Crippen LogP contribution in [0.5, 0.6) is 0 Å². The lowest BCUT2D eigenvalue weighted by Crippen LogP contribution is -2.56. The van der Waals surface area contributed by atoms with Crippen molar-refractivity contribution in [3.8, 4) is 11.1 Å². The van der Waals surface area contributed by atoms with E-state index in [1.54, 1.807) is 0 Å². The van der Waals surface area contributed by atoms with Crippen LogP contribution in [0.2, 0.25) is 0 Å². The quantitative estimate of drug-likeness (QED) is 0.352. The molecule has 0 bridgehead atoms. The summed E-state index contributed by atoms with van der Waals surface area (Å²) in [5, 5.41) is 12.7. The molecule has 2 unspecified atom stereocenters. The number of aryl methyl sites for hydroxylation is 1. The Morgan fingerprint density at radius 1 is 1.02 bits per heavy atom. The molecule has 3 aromatic rings. The third-order valence-corrected chi connectivity index (χ3v) is 7.54. The van der Waals surface area contributed by atoms with Gasteiger partial charge in [-0.25, -0.2) is 9.59 Å². The summed E-state index contributed by atoms with van der Waals surface area (Å²) in [6.45, 7) is 8.83. The highest BCUT2D eigenvalue weighted by atomic mass is 16.5. The van der Waals surface area contributed by atoms with E-state index in [9.17, 15) is 19.5 Å². The molecule has 4 rings (SSSR count). The first-order valence-electron chi connectivity index (χ1n) is 13.7. The standard InChI is InChI=1S/C33H38N2O5/c1-22-20-25(14-15-26(22)29-28(36)17-19-35(32(38)39)30(29)33(2,3)4)27-13-9-8-12-24(27)16-18-34-31(37)40-21-23-10-6-5-7-11-23/h5-15,20,29-30H,16-19,21H2,1-4H3,(H,34,37)(H,38,39). The van der Waals surface area contributed by atoms with Crippen LogP contribution in [0, 0.1) is 12.3 Å². The lowest BCUT2D eigenvalue weighted by atomic mass is 9.70. The fraction of sp³-hybridized carbons (Fsp3) is 0.364. The number of Topliss-reactive ketones (excluding diaryl/α,β-unsaturated/α-hetero) is 1. The summed E-state index contributed by atoms with van der Waals surface area (Å²) in [5.41, 5.74) is 5.49. The molecule has 1 fully saturated rings. The summed E-state index contributed by atoms with van der Waals surface area (Å²) in [4.78, 5) is 38.9. The molecule has 0 spiro atoms. The van der Waals surface area contributed by atoms with Gasteiger partial charge < -0.3 is 20.1 Å². The second kappa shape index (κ2) is 12.4. The van der Waals surface area contributed by atoms with Crippen LogP contribution in [0.25, 0.3) is 11.1 Å². The Morgan fingerprint density at radius 3 is 2.40 bits per heavy atom. The molecular formula is C33H38N2O5. The van der Waals surface area contributed by atoms with Gasteiger partial charge in [0.15, 0.2) is 0 Å². The Balaban J connectivity index is 1.49. The van der Waals surface area contributed by atoms with Gasteiger partial charge in [-0.3, -0.25) is 4.79 Å². The zero-order valence-corrected chi connectivity index (χ0v) is 23.6. The fourth-order valence-electron chi connectivity index (χ4n) is 5.69. The minimum absolute atomic E-state index is 0.0823. The Kier molecular flexibility index (Phi) is 8.93. The monoisotopic (exact) mass is 542 g/mol. The van der Waals surface area contributed by atoms with Gasteiger partial charge in [0.2, 0.25) is 0 Å². The Morgan fingerprint density at radius 2 is 1.73 bits per heavy atom. The summed E-state index contributed by atoms with van der Waals surface area (Å²) in [5.74, 6) is -0.431. The molecule has 7 nitrogen and oxygen atoms in total. The maximum atomic E-state index is 13.2. The van der Waals surface area contributed by atoms with Gasteiger partial charge in [0.25, 0.3) is 0 Å². The number of benzene rings is 3. The third kappa shape index (κ3) is 6.71. The van der Waals surface area contributed by atoms with Crippen LogP contribution < -0.4 is 5.32 Å². The van der Waals surface area contributed by atoms with Crippen molar-refractivity contribution in [1.29, 1.82) is 0 Å². The molecule has 1 aliphatic rings. The molecule has 2 atom stereocenters. The SMILES string of the molecule is Cc1cc(-c2ccccc2CCNC(=O)OCc2ccccc2)ccc1C1C(=O)CCN(C(=O)O)C1C(C)(C)C. The summed E-state index contributed by atoms with van der Waals surface area (Å²) in [7, 11) is 0. The van der Waals surface area contributed by atoms with Gasteiger partial charge in [0.1, 0.15) is 12.4 Å². The molecule has 0 aliphatic carbocycles. The van der Waals surface area contributed by atoms with Crippen molar-refractivity contribution >= 4 is 18.0 Å². The van der Waals surface area contributed by atoms with Crippen LogP contribution in [0.15, 0.2) is 72.8 Å². The molecule has 0 aromatic heterocycles. The number of nitrogens with zero attached hydrogens (tertiary/aromatic N) is 1. The van der Waals surface area contributed by atoms with E-state index in [-0.39, 0.29) is 25.4 Å². The van der Waals surface area contributed by atoms with E-state index in [1.807, 2.05) is 94.4 Å². The number of hydrogen-bond donors (Lipinski definition) is 2. The number of alkyl carbamates (subject to hydrolysis) is 1. The van der Waals surface area contributed by atoms with Crippen LogP contribution in [0.4, 0.5) is 9.59 Å². The predicted octanol–water partition coefficient (Wildman–Crippen LogP) is 6.58. The van der Waals surface area contributed by atoms with Gasteiger partial charge in [-0.2, -0.15) is 0 Å². The van der Waals surface area contributed by atoms with Crippen molar-refractivity contribution in [3.05, 3.63) is 95.1 Å². The van der Waals surface area contributed by atoms with Gasteiger partial charge in [0.05, 0.1) is 12.0 Å². The number of carbonyl (C=O) groups is 3. The number of amides is 2. The van der Waals surface area contributed by atoms with Crippen LogP contribution >= 0.6 is 0 Å². The van der Waals surface area contributed by atoms with Gasteiger partial charge in [-0.15, -0.1) is 0 Å². The molecule has 3 aromatic carbocycles. The van der Waals surface area contributed by atoms with Gasteiger partial charge in [0, 0.05) is 19.5 Å². The van der Waals surface area contributed by atoms with E-state index >= 15 is 0 Å². The first-order chi connectivity index (χ1) is 19.1. The van der Waals surface area contributed by atoms with Gasteiger partial charge >= 0.3 is 12.2 Å². The number of carboxylic acid groups (broad SMARTS) is 1. The van der Waals surface area contributed by atoms with Gasteiger partial charge in [-0.1, -0.05) is 93.6 Å². The maximum Gasteiger partial charge on any atom is 0.407 e. The highest BCUT2D eigenvalue weighted by Crippen LogP contribution is 2.42. The summed E-state index contributed by atoms with van der Waals surface area (Å²) in [6.07, 6.45) is -0.604. The number of piperidine rings is 1. The zero-order valence-electron chi connectivity index (χ0n) is 23.6. The number of ether oxygens (including phenoxy) is 1. The first kappa shape index (κ1) is 28.9. The molecule has 1 saturated heterocycles. The second-order valence-electron chi connectivity index (χ2n) is 11.4. The zero-order chi connectivity index (χ0) is 28.9. The normalized spacial score (nSPS) is 17.4. The molecular weight excluding hydrogens is 504 g/mol. The maximum absolute atomic E-state index is 13.2. The molecule has 0 saturated carbocycles. The summed E-state index contributed by atoms with van der Waals surface area (Å²) >= 11 is 0. The molecule has 2 N–H and O–H groups in total. The largest absolute Gasteiger partial charge is 0.465 e. The highest BCUT2D eigenvalue weighted by molar-refractivity contribution is 5.90. The van der Waals surface area contributed by atoms with Crippen molar-refractivity contribution in [3.63, 3.8) is 0 Å². The minimum Gasteiger partial charge on any atom is -0.465 e. The van der Waals surface area contributed by atoms with Crippen LogP contribution in [0.3, 0.4) is 0 Å². The van der Waals surface area contributed by atoms with Crippen molar-refractivity contribution < 1.29 is 24.2 Å². The van der Waals surface area contributed by atoms with Crippen molar-refractivity contribution in [2.24, 2.45) is 5.41 Å². The lowest BCUT2D eigenvalue weighted by molar-refractivity contribution is -0.126. The molecule has 1 heterocycles. The molecule has 7 heteroatoms. The smallest absolute Gasteiger partial charge is 0.407 e. The lowest BCUT2D eigenvalue weighted by Gasteiger charge is -2.46. The van der Waals surface area contributed by atoms with E-state index in [0.717, 1.165) is 33.4 Å². The Labute approximate surface area is 236 Å². The number of carbonyl (C=O) groups excluding carboxylic acids is 2. The summed E-state index contributed by atoms with van der Waals surface area (Å²) < 4.78 is 5.31. The van der Waals surface area contributed by atoms with Crippen LogP contribution in [-0.2, 0) is 22.6 Å². The average Bonchev–Trinajstić information content (AvgIpc) is 2.92. The predicted molar refractivity (Wildman–Crippen MR) is 155 cm³/mol. The number of likely N-dealkylation sites (tertiary alicyclic amines) is 1. The van der Waals surface area contributed by atoms with Crippen molar-refractivity contribution in [2.75, 3.05) is 13.1 Å². The molecule has 2 amide bonds. The molecule has 40 heavy (non-hydrogen) atoms. The van der Waals surface area contributed by atoms with E-state index in [4.69, 9.17) is 4.74 Å². The molecule has 1 aliphatic heterocycles. The number of hydrogen-bond acceptors (Lipinski definition) is 4. The van der Waals surface area contributed by atoms with Crippen LogP contribution in [0.1, 0.15) is 55.4 Å². The van der Waals surface area contributed by atoms with Crippen LogP contribution in [-0.4, -0.2) is 47.1 Å². The van der Waals surface area contributed by atoms with Gasteiger partial charge in [-0.05, 0) is 52.1 Å². The van der Waals surface area contributed by atoms with E-state index < -0.39 is 29.6 Å². The van der Waals surface area contributed by atoms with Crippen molar-refractivity contribution in [1.82, 2.24) is 10.2 Å². The summed E-state index contributed by atoms with van der Waals surface area (Å²) in [6, 6.07) is 23.2. The average molecular weight is 543 g/mol. The fourth-order valence-corrected chi connectivity index (χ4v) is 5.69.